The number of benzene rings is 1. The number of hydrogen-bond donors (Lipinski definition) is 0. The van der Waals surface area contributed by atoms with Gasteiger partial charge in [-0.15, -0.1) is 0 Å². The molecule has 2 aliphatic heterocycles. The zero-order valence-corrected chi connectivity index (χ0v) is 20.5. The van der Waals surface area contributed by atoms with Crippen molar-refractivity contribution in [1.29, 1.82) is 0 Å². The summed E-state index contributed by atoms with van der Waals surface area (Å²) in [6.07, 6.45) is 4.68. The first-order valence-electron chi connectivity index (χ1n) is 12.4. The van der Waals surface area contributed by atoms with Gasteiger partial charge in [0.1, 0.15) is 23.6 Å². The fourth-order valence-corrected chi connectivity index (χ4v) is 4.98. The van der Waals surface area contributed by atoms with E-state index in [2.05, 4.69) is 22.1 Å². The van der Waals surface area contributed by atoms with Crippen LogP contribution in [0.5, 0.6) is 5.75 Å². The van der Waals surface area contributed by atoms with E-state index in [9.17, 15) is 9.59 Å². The maximum absolute atomic E-state index is 12.8. The average molecular weight is 469 g/mol. The van der Waals surface area contributed by atoms with E-state index in [4.69, 9.17) is 9.47 Å². The van der Waals surface area contributed by atoms with Crippen LogP contribution >= 0.6 is 0 Å². The third-order valence-corrected chi connectivity index (χ3v) is 6.71. The predicted molar refractivity (Wildman–Crippen MR) is 129 cm³/mol. The first kappa shape index (κ1) is 24.3. The summed E-state index contributed by atoms with van der Waals surface area (Å²) in [6.45, 7) is 7.11. The quantitative estimate of drug-likeness (QED) is 0.580. The Morgan fingerprint density at radius 1 is 1.09 bits per heavy atom. The Bertz CT molecular complexity index is 996. The van der Waals surface area contributed by atoms with Crippen LogP contribution in [0.1, 0.15) is 60.8 Å². The number of piperidine rings is 2. The molecular weight excluding hydrogens is 432 g/mol. The Labute approximate surface area is 201 Å². The van der Waals surface area contributed by atoms with E-state index >= 15 is 0 Å². The van der Waals surface area contributed by atoms with E-state index in [1.807, 2.05) is 44.0 Å². The second kappa shape index (κ2) is 11.0. The lowest BCUT2D eigenvalue weighted by Gasteiger charge is -2.34. The number of carbonyl (C=O) groups excluding carboxylic acids is 2. The van der Waals surface area contributed by atoms with E-state index in [0.717, 1.165) is 55.7 Å². The molecule has 8 heteroatoms. The Hall–Kier alpha value is -2.87. The van der Waals surface area contributed by atoms with Gasteiger partial charge in [-0.05, 0) is 57.0 Å². The SMILES string of the molecule is CCOC(=O)C1CCCCN1Cc1cccc(OC2CCN(C(=O)c3cc(C)nn3C)CC2)c1. The number of aromatic nitrogens is 2. The molecular formula is C26H36N4O4. The highest BCUT2D eigenvalue weighted by Gasteiger charge is 2.30. The minimum atomic E-state index is -0.164. The van der Waals surface area contributed by atoms with Gasteiger partial charge in [-0.3, -0.25) is 19.2 Å². The number of esters is 1. The molecule has 8 nitrogen and oxygen atoms in total. The van der Waals surface area contributed by atoms with Crippen LogP contribution in [0, 0.1) is 6.92 Å². The molecule has 1 aromatic heterocycles. The van der Waals surface area contributed by atoms with Crippen molar-refractivity contribution < 1.29 is 19.1 Å². The standard InChI is InChI=1S/C26H36N4O4/c1-4-33-26(32)23-10-5-6-13-30(23)18-20-8-7-9-22(17-20)34-21-11-14-29(15-12-21)25(31)24-16-19(2)27-28(24)3/h7-9,16-17,21,23H,4-6,10-15,18H2,1-3H3. The molecule has 0 radical (unpaired) electrons. The summed E-state index contributed by atoms with van der Waals surface area (Å²) in [7, 11) is 1.81. The van der Waals surface area contributed by atoms with Gasteiger partial charge < -0.3 is 14.4 Å². The highest BCUT2D eigenvalue weighted by molar-refractivity contribution is 5.92. The van der Waals surface area contributed by atoms with Crippen LogP contribution in [0.4, 0.5) is 0 Å². The highest BCUT2D eigenvalue weighted by atomic mass is 16.5. The van der Waals surface area contributed by atoms with Crippen LogP contribution < -0.4 is 4.74 Å². The van der Waals surface area contributed by atoms with Crippen molar-refractivity contribution in [1.82, 2.24) is 19.6 Å². The summed E-state index contributed by atoms with van der Waals surface area (Å²) in [4.78, 5) is 29.3. The normalized spacial score (nSPS) is 19.7. The van der Waals surface area contributed by atoms with Crippen LogP contribution in [-0.2, 0) is 23.1 Å². The first-order chi connectivity index (χ1) is 16.4. The summed E-state index contributed by atoms with van der Waals surface area (Å²) in [5, 5.41) is 4.29. The molecule has 2 aliphatic rings. The van der Waals surface area contributed by atoms with Gasteiger partial charge in [0.15, 0.2) is 0 Å². The largest absolute Gasteiger partial charge is 0.490 e. The van der Waals surface area contributed by atoms with Gasteiger partial charge in [-0.1, -0.05) is 18.6 Å². The molecule has 1 atom stereocenters. The number of amides is 1. The third kappa shape index (κ3) is 5.78. The molecule has 2 aromatic rings. The first-order valence-corrected chi connectivity index (χ1v) is 12.4. The van der Waals surface area contributed by atoms with Gasteiger partial charge in [0, 0.05) is 39.5 Å². The molecule has 0 aliphatic carbocycles. The molecule has 2 saturated heterocycles. The molecule has 1 amide bonds. The molecule has 0 saturated carbocycles. The topological polar surface area (TPSA) is 76.9 Å². The molecule has 0 spiro atoms. The highest BCUT2D eigenvalue weighted by Crippen LogP contribution is 2.25. The molecule has 0 bridgehead atoms. The predicted octanol–water partition coefficient (Wildman–Crippen LogP) is 3.33. The fraction of sp³-hybridized carbons (Fsp3) is 0.577. The minimum absolute atomic E-state index is 0.0289. The van der Waals surface area contributed by atoms with Gasteiger partial charge in [0.05, 0.1) is 12.3 Å². The van der Waals surface area contributed by atoms with Crippen molar-refractivity contribution in [3.05, 3.63) is 47.3 Å². The molecule has 0 N–H and O–H groups in total. The Balaban J connectivity index is 1.32. The second-order valence-electron chi connectivity index (χ2n) is 9.29. The number of ether oxygens (including phenoxy) is 2. The number of nitrogens with zero attached hydrogens (tertiary/aromatic N) is 4. The summed E-state index contributed by atoms with van der Waals surface area (Å²) >= 11 is 0. The van der Waals surface area contributed by atoms with Gasteiger partial charge in [0.2, 0.25) is 0 Å². The number of carbonyl (C=O) groups is 2. The third-order valence-electron chi connectivity index (χ3n) is 6.71. The Morgan fingerprint density at radius 2 is 1.88 bits per heavy atom. The van der Waals surface area contributed by atoms with Crippen molar-refractivity contribution in [3.63, 3.8) is 0 Å². The maximum Gasteiger partial charge on any atom is 0.323 e. The van der Waals surface area contributed by atoms with Gasteiger partial charge in [-0.2, -0.15) is 5.10 Å². The molecule has 184 valence electrons. The van der Waals surface area contributed by atoms with Crippen molar-refractivity contribution in [2.75, 3.05) is 26.2 Å². The molecule has 1 unspecified atom stereocenters. The zero-order chi connectivity index (χ0) is 24.1. The molecule has 34 heavy (non-hydrogen) atoms. The summed E-state index contributed by atoms with van der Waals surface area (Å²) in [5.41, 5.74) is 2.61. The fourth-order valence-electron chi connectivity index (χ4n) is 4.98. The van der Waals surface area contributed by atoms with E-state index in [0.29, 0.717) is 31.9 Å². The van der Waals surface area contributed by atoms with E-state index in [-0.39, 0.29) is 24.0 Å². The lowest BCUT2D eigenvalue weighted by atomic mass is 10.0. The lowest BCUT2D eigenvalue weighted by Crippen LogP contribution is -2.44. The number of likely N-dealkylation sites (tertiary alicyclic amines) is 2. The molecule has 2 fully saturated rings. The number of hydrogen-bond acceptors (Lipinski definition) is 6. The second-order valence-corrected chi connectivity index (χ2v) is 9.29. The molecule has 1 aromatic carbocycles. The summed E-state index contributed by atoms with van der Waals surface area (Å²) in [5.74, 6) is 0.757. The minimum Gasteiger partial charge on any atom is -0.490 e. The lowest BCUT2D eigenvalue weighted by molar-refractivity contribution is -0.151. The van der Waals surface area contributed by atoms with E-state index < -0.39 is 0 Å². The Morgan fingerprint density at radius 3 is 2.59 bits per heavy atom. The Kier molecular flexibility index (Phi) is 7.88. The summed E-state index contributed by atoms with van der Waals surface area (Å²) in [6, 6.07) is 9.83. The number of rotatable bonds is 7. The van der Waals surface area contributed by atoms with Crippen LogP contribution in [0.15, 0.2) is 30.3 Å². The van der Waals surface area contributed by atoms with Crippen LogP contribution in [0.3, 0.4) is 0 Å². The van der Waals surface area contributed by atoms with Crippen molar-refractivity contribution in [3.8, 4) is 5.75 Å². The van der Waals surface area contributed by atoms with E-state index in [1.165, 1.54) is 0 Å². The van der Waals surface area contributed by atoms with Crippen molar-refractivity contribution >= 4 is 11.9 Å². The van der Waals surface area contributed by atoms with Crippen molar-refractivity contribution in [2.24, 2.45) is 7.05 Å². The smallest absolute Gasteiger partial charge is 0.323 e. The van der Waals surface area contributed by atoms with Gasteiger partial charge >= 0.3 is 5.97 Å². The van der Waals surface area contributed by atoms with Gasteiger partial charge in [-0.25, -0.2) is 0 Å². The van der Waals surface area contributed by atoms with Crippen LogP contribution in [0.2, 0.25) is 0 Å². The zero-order valence-electron chi connectivity index (χ0n) is 20.5. The monoisotopic (exact) mass is 468 g/mol. The number of aryl methyl sites for hydroxylation is 2. The van der Waals surface area contributed by atoms with Crippen LogP contribution in [-0.4, -0.2) is 69.8 Å². The molecule has 3 heterocycles. The maximum atomic E-state index is 12.8. The van der Waals surface area contributed by atoms with Crippen LogP contribution in [0.25, 0.3) is 0 Å². The average Bonchev–Trinajstić information content (AvgIpc) is 3.17. The molecule has 4 rings (SSSR count). The van der Waals surface area contributed by atoms with E-state index in [1.54, 1.807) is 4.68 Å². The van der Waals surface area contributed by atoms with Gasteiger partial charge in [0.25, 0.3) is 5.91 Å². The summed E-state index contributed by atoms with van der Waals surface area (Å²) < 4.78 is 13.2. The van der Waals surface area contributed by atoms with Crippen molar-refractivity contribution in [2.45, 2.75) is 64.6 Å².